The van der Waals surface area contributed by atoms with Gasteiger partial charge in [-0.1, -0.05) is 13.8 Å². The van der Waals surface area contributed by atoms with Crippen LogP contribution in [0.4, 0.5) is 0 Å². The highest BCUT2D eigenvalue weighted by molar-refractivity contribution is 7.92. The molecule has 7 heteroatoms. The normalized spacial score (nSPS) is 17.4. The van der Waals surface area contributed by atoms with Crippen LogP contribution in [-0.2, 0) is 21.0 Å². The fraction of sp³-hybridized carbons (Fsp3) is 0.571. The largest absolute Gasteiger partial charge is 0.462 e. The summed E-state index contributed by atoms with van der Waals surface area (Å²) in [7, 11) is -3.55. The van der Waals surface area contributed by atoms with E-state index in [-0.39, 0.29) is 38.9 Å². The first kappa shape index (κ1) is 16.2. The zero-order valence-electron chi connectivity index (χ0n) is 12.5. The van der Waals surface area contributed by atoms with Gasteiger partial charge in [0.05, 0.1) is 12.2 Å². The van der Waals surface area contributed by atoms with Gasteiger partial charge in [-0.15, -0.1) is 11.3 Å². The summed E-state index contributed by atoms with van der Waals surface area (Å²) >= 11 is 0.851. The lowest BCUT2D eigenvalue weighted by molar-refractivity contribution is 0.0530. The Morgan fingerprint density at radius 3 is 2.48 bits per heavy atom. The molecule has 1 heterocycles. The molecule has 1 aromatic rings. The fourth-order valence-electron chi connectivity index (χ4n) is 2.58. The summed E-state index contributed by atoms with van der Waals surface area (Å²) in [4.78, 5) is 24.7. The second-order valence-electron chi connectivity index (χ2n) is 6.01. The van der Waals surface area contributed by atoms with Gasteiger partial charge < -0.3 is 4.74 Å². The van der Waals surface area contributed by atoms with Crippen molar-refractivity contribution >= 4 is 32.9 Å². The number of sulfone groups is 1. The Bertz CT molecular complexity index is 710. The van der Waals surface area contributed by atoms with Crippen molar-refractivity contribution in [2.75, 3.05) is 12.9 Å². The van der Waals surface area contributed by atoms with Crippen molar-refractivity contribution in [2.45, 2.75) is 37.8 Å². The third-order valence-electron chi connectivity index (χ3n) is 3.35. The van der Waals surface area contributed by atoms with Crippen LogP contribution in [0.25, 0.3) is 0 Å². The monoisotopic (exact) mass is 330 g/mol. The molecule has 0 aliphatic heterocycles. The first-order valence-electron chi connectivity index (χ1n) is 6.63. The Kier molecular flexibility index (Phi) is 4.01. The number of Topliss-reactive ketones (excluding diaryl/α,β-unsaturated/α-hetero) is 1. The van der Waals surface area contributed by atoms with Crippen molar-refractivity contribution in [1.29, 1.82) is 0 Å². The third kappa shape index (κ3) is 3.03. The van der Waals surface area contributed by atoms with Crippen LogP contribution in [0.2, 0.25) is 0 Å². The molecule has 1 aliphatic rings. The predicted molar refractivity (Wildman–Crippen MR) is 79.8 cm³/mol. The molecular formula is C14H18O5S2. The molecule has 5 nitrogen and oxygen atoms in total. The Labute approximate surface area is 128 Å². The van der Waals surface area contributed by atoms with Crippen LogP contribution >= 0.6 is 11.3 Å². The molecule has 1 aliphatic carbocycles. The van der Waals surface area contributed by atoms with E-state index in [0.29, 0.717) is 12.0 Å². The van der Waals surface area contributed by atoms with Gasteiger partial charge in [0.1, 0.15) is 9.09 Å². The van der Waals surface area contributed by atoms with Gasteiger partial charge in [-0.3, -0.25) is 4.79 Å². The number of ether oxygens (including phenoxy) is 1. The molecule has 0 radical (unpaired) electrons. The molecule has 0 saturated carbocycles. The van der Waals surface area contributed by atoms with Gasteiger partial charge >= 0.3 is 5.97 Å². The number of ketones is 1. The number of carbonyl (C=O) groups is 2. The van der Waals surface area contributed by atoms with Gasteiger partial charge in [-0.05, 0) is 24.3 Å². The van der Waals surface area contributed by atoms with Crippen molar-refractivity contribution in [3.63, 3.8) is 0 Å². The van der Waals surface area contributed by atoms with Crippen molar-refractivity contribution in [1.82, 2.24) is 0 Å². The van der Waals surface area contributed by atoms with Gasteiger partial charge in [0.2, 0.25) is 0 Å². The molecule has 0 spiro atoms. The summed E-state index contributed by atoms with van der Waals surface area (Å²) in [6, 6.07) is 0. The predicted octanol–water partition coefficient (Wildman–Crippen LogP) is 2.48. The maximum absolute atomic E-state index is 12.4. The number of esters is 1. The molecular weight excluding hydrogens is 312 g/mol. The topological polar surface area (TPSA) is 77.5 Å². The Morgan fingerprint density at radius 1 is 1.33 bits per heavy atom. The van der Waals surface area contributed by atoms with Gasteiger partial charge in [0, 0.05) is 12.7 Å². The first-order chi connectivity index (χ1) is 9.57. The van der Waals surface area contributed by atoms with Crippen molar-refractivity contribution in [3.8, 4) is 0 Å². The van der Waals surface area contributed by atoms with Crippen LogP contribution in [0, 0.1) is 5.41 Å². The number of hydrogen-bond acceptors (Lipinski definition) is 6. The van der Waals surface area contributed by atoms with Gasteiger partial charge in [-0.2, -0.15) is 0 Å². The SMILES string of the molecule is CCOC(=O)c1sc(S(C)(=O)=O)c2c1CC(C)(C)CC2=O. The minimum absolute atomic E-state index is 0.0129. The van der Waals surface area contributed by atoms with Gasteiger partial charge in [-0.25, -0.2) is 13.2 Å². The van der Waals surface area contributed by atoms with Crippen LogP contribution in [0.3, 0.4) is 0 Å². The summed E-state index contributed by atoms with van der Waals surface area (Å²) < 4.78 is 28.8. The van der Waals surface area contributed by atoms with Crippen molar-refractivity contribution in [2.24, 2.45) is 5.41 Å². The average Bonchev–Trinajstić information content (AvgIpc) is 2.66. The molecule has 0 N–H and O–H groups in total. The lowest BCUT2D eigenvalue weighted by Gasteiger charge is -2.29. The van der Waals surface area contributed by atoms with E-state index < -0.39 is 15.8 Å². The van der Waals surface area contributed by atoms with E-state index in [1.807, 2.05) is 13.8 Å². The van der Waals surface area contributed by atoms with Crippen LogP contribution < -0.4 is 0 Å². The standard InChI is InChI=1S/C14H18O5S2/c1-5-19-12(16)11-8-6-14(2,3)7-9(15)10(8)13(20-11)21(4,17)18/h5-7H2,1-4H3. The zero-order chi connectivity index (χ0) is 16.0. The Hall–Kier alpha value is -1.21. The molecule has 0 unspecified atom stereocenters. The number of thiophene rings is 1. The second kappa shape index (κ2) is 5.21. The van der Waals surface area contributed by atoms with Gasteiger partial charge in [0.25, 0.3) is 0 Å². The summed E-state index contributed by atoms with van der Waals surface area (Å²) in [6.45, 7) is 5.75. The van der Waals surface area contributed by atoms with E-state index in [1.165, 1.54) is 0 Å². The third-order valence-corrected chi connectivity index (χ3v) is 6.39. The second-order valence-corrected chi connectivity index (χ2v) is 9.24. The summed E-state index contributed by atoms with van der Waals surface area (Å²) in [6.07, 6.45) is 1.83. The van der Waals surface area contributed by atoms with Crippen LogP contribution in [0.15, 0.2) is 4.21 Å². The molecule has 0 aromatic carbocycles. The van der Waals surface area contributed by atoms with E-state index in [1.54, 1.807) is 6.92 Å². The van der Waals surface area contributed by atoms with E-state index >= 15 is 0 Å². The van der Waals surface area contributed by atoms with Crippen molar-refractivity contribution < 1.29 is 22.7 Å². The van der Waals surface area contributed by atoms with Crippen LogP contribution in [-0.4, -0.2) is 33.0 Å². The van der Waals surface area contributed by atoms with E-state index in [9.17, 15) is 18.0 Å². The smallest absolute Gasteiger partial charge is 0.348 e. The summed E-state index contributed by atoms with van der Waals surface area (Å²) in [5.74, 6) is -0.771. The molecule has 2 rings (SSSR count). The molecule has 116 valence electrons. The number of carbonyl (C=O) groups excluding carboxylic acids is 2. The quantitative estimate of drug-likeness (QED) is 0.796. The molecule has 0 amide bonds. The number of hydrogen-bond donors (Lipinski definition) is 0. The van der Waals surface area contributed by atoms with E-state index in [2.05, 4.69) is 0 Å². The highest BCUT2D eigenvalue weighted by atomic mass is 32.2. The minimum Gasteiger partial charge on any atom is -0.462 e. The Balaban J connectivity index is 2.70. The summed E-state index contributed by atoms with van der Waals surface area (Å²) in [5.41, 5.74) is 0.436. The highest BCUT2D eigenvalue weighted by Gasteiger charge is 2.39. The fourth-order valence-corrected chi connectivity index (χ4v) is 5.01. The molecule has 21 heavy (non-hydrogen) atoms. The molecule has 1 aromatic heterocycles. The lowest BCUT2D eigenvalue weighted by atomic mass is 9.74. The molecule has 0 fully saturated rings. The number of fused-ring (bicyclic) bond motifs is 1. The van der Waals surface area contributed by atoms with Gasteiger partial charge in [0.15, 0.2) is 15.6 Å². The lowest BCUT2D eigenvalue weighted by Crippen LogP contribution is -2.28. The molecule has 0 atom stereocenters. The molecule has 0 saturated heterocycles. The zero-order valence-corrected chi connectivity index (χ0v) is 14.1. The highest BCUT2D eigenvalue weighted by Crippen LogP contribution is 2.43. The van der Waals surface area contributed by atoms with Crippen LogP contribution in [0.5, 0.6) is 0 Å². The van der Waals surface area contributed by atoms with Crippen LogP contribution in [0.1, 0.15) is 52.8 Å². The number of rotatable bonds is 3. The van der Waals surface area contributed by atoms with E-state index in [4.69, 9.17) is 4.74 Å². The maximum atomic E-state index is 12.4. The van der Waals surface area contributed by atoms with E-state index in [0.717, 1.165) is 17.6 Å². The Morgan fingerprint density at radius 2 is 1.95 bits per heavy atom. The maximum Gasteiger partial charge on any atom is 0.348 e. The first-order valence-corrected chi connectivity index (χ1v) is 9.33. The molecule has 0 bridgehead atoms. The minimum atomic E-state index is -3.55. The van der Waals surface area contributed by atoms with Crippen molar-refractivity contribution in [3.05, 3.63) is 16.0 Å². The average molecular weight is 330 g/mol. The summed E-state index contributed by atoms with van der Waals surface area (Å²) in [5, 5.41) is 0.